The van der Waals surface area contributed by atoms with Gasteiger partial charge in [0.15, 0.2) is 12.6 Å². The van der Waals surface area contributed by atoms with Gasteiger partial charge in [0.1, 0.15) is 5.75 Å². The van der Waals surface area contributed by atoms with E-state index in [4.69, 9.17) is 16.3 Å². The molecule has 2 aromatic carbocycles. The molecule has 1 amide bonds. The van der Waals surface area contributed by atoms with Crippen LogP contribution in [0.1, 0.15) is 25.0 Å². The van der Waals surface area contributed by atoms with Gasteiger partial charge in [0.05, 0.1) is 6.54 Å². The van der Waals surface area contributed by atoms with Crippen molar-refractivity contribution >= 4 is 47.4 Å². The molecule has 3 N–H and O–H groups in total. The van der Waals surface area contributed by atoms with Crippen LogP contribution in [0.5, 0.6) is 5.75 Å². The van der Waals surface area contributed by atoms with Crippen LogP contribution in [0.4, 0.5) is 0 Å². The normalized spacial score (nSPS) is 10.7. The Morgan fingerprint density at radius 1 is 1.00 bits per heavy atom. The standard InChI is InChI=1S/C22H29ClN4O2.HI/c1-3-24-21(28)16-29-20-10-6-8-18(14-20)15-27-22(25-4-2)26-12-11-17-7-5-9-19(23)13-17;/h5-10,13-14H,3-4,11-12,15-16H2,1-2H3,(H,24,28)(H2,25,26,27);1H. The third-order valence-electron chi connectivity index (χ3n) is 4.00. The molecule has 0 saturated heterocycles. The fraction of sp³-hybridized carbons (Fsp3) is 0.364. The lowest BCUT2D eigenvalue weighted by Crippen LogP contribution is -2.38. The molecule has 164 valence electrons. The van der Waals surface area contributed by atoms with E-state index in [2.05, 4.69) is 27.0 Å². The van der Waals surface area contributed by atoms with Crippen LogP contribution < -0.4 is 20.7 Å². The zero-order valence-electron chi connectivity index (χ0n) is 17.4. The van der Waals surface area contributed by atoms with Crippen molar-refractivity contribution in [3.8, 4) is 5.75 Å². The van der Waals surface area contributed by atoms with Crippen molar-refractivity contribution in [3.63, 3.8) is 0 Å². The highest BCUT2D eigenvalue weighted by Gasteiger charge is 2.03. The van der Waals surface area contributed by atoms with Crippen LogP contribution in [0.3, 0.4) is 0 Å². The highest BCUT2D eigenvalue weighted by molar-refractivity contribution is 14.0. The Morgan fingerprint density at radius 3 is 2.47 bits per heavy atom. The van der Waals surface area contributed by atoms with Crippen LogP contribution in [0.25, 0.3) is 0 Å². The molecule has 0 fully saturated rings. The van der Waals surface area contributed by atoms with E-state index in [0.717, 1.165) is 36.1 Å². The molecular weight excluding hydrogens is 515 g/mol. The van der Waals surface area contributed by atoms with Gasteiger partial charge in [-0.05, 0) is 55.7 Å². The quantitative estimate of drug-likeness (QED) is 0.242. The number of halogens is 2. The van der Waals surface area contributed by atoms with E-state index >= 15 is 0 Å². The lowest BCUT2D eigenvalue weighted by atomic mass is 10.1. The highest BCUT2D eigenvalue weighted by atomic mass is 127. The first-order valence-electron chi connectivity index (χ1n) is 9.85. The van der Waals surface area contributed by atoms with E-state index < -0.39 is 0 Å². The zero-order chi connectivity index (χ0) is 20.9. The average molecular weight is 545 g/mol. The van der Waals surface area contributed by atoms with Gasteiger partial charge in [0.25, 0.3) is 5.91 Å². The number of hydrogen-bond acceptors (Lipinski definition) is 3. The summed E-state index contributed by atoms with van der Waals surface area (Å²) in [5.74, 6) is 1.28. The van der Waals surface area contributed by atoms with Crippen LogP contribution >= 0.6 is 35.6 Å². The minimum absolute atomic E-state index is 0. The summed E-state index contributed by atoms with van der Waals surface area (Å²) in [5.41, 5.74) is 2.18. The van der Waals surface area contributed by atoms with E-state index in [9.17, 15) is 4.79 Å². The number of carbonyl (C=O) groups is 1. The molecule has 0 aliphatic rings. The van der Waals surface area contributed by atoms with Crippen molar-refractivity contribution in [1.29, 1.82) is 0 Å². The molecule has 0 saturated carbocycles. The molecule has 0 spiro atoms. The maximum absolute atomic E-state index is 11.5. The van der Waals surface area contributed by atoms with Crippen LogP contribution in [-0.2, 0) is 17.8 Å². The fourth-order valence-electron chi connectivity index (χ4n) is 2.66. The molecule has 0 aromatic heterocycles. The van der Waals surface area contributed by atoms with E-state index in [0.29, 0.717) is 18.8 Å². The summed E-state index contributed by atoms with van der Waals surface area (Å²) in [6.45, 7) is 6.54. The Labute approximate surface area is 200 Å². The van der Waals surface area contributed by atoms with Crippen molar-refractivity contribution < 1.29 is 9.53 Å². The largest absolute Gasteiger partial charge is 0.484 e. The second-order valence-corrected chi connectivity index (χ2v) is 6.83. The number of ether oxygens (including phenoxy) is 1. The number of carbonyl (C=O) groups excluding carboxylic acids is 1. The third-order valence-corrected chi connectivity index (χ3v) is 4.24. The van der Waals surface area contributed by atoms with Crippen molar-refractivity contribution in [1.82, 2.24) is 16.0 Å². The Balaban J connectivity index is 0.00000450. The summed E-state index contributed by atoms with van der Waals surface area (Å²) < 4.78 is 5.54. The molecular formula is C22H30ClIN4O2. The first-order chi connectivity index (χ1) is 14.1. The summed E-state index contributed by atoms with van der Waals surface area (Å²) in [6.07, 6.45) is 0.855. The molecule has 2 rings (SSSR count). The molecule has 0 aliphatic carbocycles. The molecule has 0 unspecified atom stereocenters. The zero-order valence-corrected chi connectivity index (χ0v) is 20.5. The van der Waals surface area contributed by atoms with Gasteiger partial charge in [0.2, 0.25) is 0 Å². The number of guanidine groups is 1. The number of nitrogens with one attached hydrogen (secondary N) is 3. The number of amides is 1. The molecule has 8 heteroatoms. The second kappa shape index (κ2) is 14.9. The molecule has 0 radical (unpaired) electrons. The Hall–Kier alpha value is -2.00. The number of likely N-dealkylation sites (N-methyl/N-ethyl adjacent to an activating group) is 1. The van der Waals surface area contributed by atoms with Crippen molar-refractivity contribution in [2.24, 2.45) is 4.99 Å². The van der Waals surface area contributed by atoms with E-state index in [-0.39, 0.29) is 36.5 Å². The minimum Gasteiger partial charge on any atom is -0.484 e. The number of rotatable bonds is 10. The second-order valence-electron chi connectivity index (χ2n) is 6.39. The van der Waals surface area contributed by atoms with Crippen LogP contribution in [0.2, 0.25) is 5.02 Å². The summed E-state index contributed by atoms with van der Waals surface area (Å²) in [6, 6.07) is 15.5. The van der Waals surface area contributed by atoms with Crippen LogP contribution in [0.15, 0.2) is 53.5 Å². The van der Waals surface area contributed by atoms with E-state index in [1.54, 1.807) is 0 Å². The molecule has 0 aliphatic heterocycles. The van der Waals surface area contributed by atoms with Crippen molar-refractivity contribution in [3.05, 3.63) is 64.7 Å². The number of hydrogen-bond donors (Lipinski definition) is 3. The topological polar surface area (TPSA) is 74.8 Å². The first kappa shape index (κ1) is 26.0. The summed E-state index contributed by atoms with van der Waals surface area (Å²) in [7, 11) is 0. The molecule has 0 bridgehead atoms. The monoisotopic (exact) mass is 544 g/mol. The van der Waals surface area contributed by atoms with Gasteiger partial charge in [-0.3, -0.25) is 4.79 Å². The van der Waals surface area contributed by atoms with Gasteiger partial charge in [-0.1, -0.05) is 35.9 Å². The summed E-state index contributed by atoms with van der Waals surface area (Å²) in [4.78, 5) is 16.2. The number of nitrogens with zero attached hydrogens (tertiary/aromatic N) is 1. The van der Waals surface area contributed by atoms with Gasteiger partial charge in [0, 0.05) is 24.7 Å². The van der Waals surface area contributed by atoms with Gasteiger partial charge in [-0.15, -0.1) is 24.0 Å². The van der Waals surface area contributed by atoms with E-state index in [1.807, 2.05) is 56.3 Å². The predicted molar refractivity (Wildman–Crippen MR) is 134 cm³/mol. The SMILES string of the molecule is CCNC(=O)COc1cccc(CN=C(NCC)NCCc2cccc(Cl)c2)c1.I. The first-order valence-corrected chi connectivity index (χ1v) is 10.2. The highest BCUT2D eigenvalue weighted by Crippen LogP contribution is 2.14. The lowest BCUT2D eigenvalue weighted by Gasteiger charge is -2.12. The molecule has 2 aromatic rings. The molecule has 6 nitrogen and oxygen atoms in total. The maximum atomic E-state index is 11.5. The maximum Gasteiger partial charge on any atom is 0.257 e. The number of aliphatic imine (C=N–C) groups is 1. The van der Waals surface area contributed by atoms with Gasteiger partial charge in [-0.2, -0.15) is 0 Å². The Morgan fingerprint density at radius 2 is 1.73 bits per heavy atom. The Bertz CT molecular complexity index is 817. The minimum atomic E-state index is -0.130. The molecule has 0 atom stereocenters. The van der Waals surface area contributed by atoms with Gasteiger partial charge in [-0.25, -0.2) is 4.99 Å². The van der Waals surface area contributed by atoms with Crippen LogP contribution in [0, 0.1) is 0 Å². The lowest BCUT2D eigenvalue weighted by molar-refractivity contribution is -0.122. The van der Waals surface area contributed by atoms with Crippen molar-refractivity contribution in [2.45, 2.75) is 26.8 Å². The predicted octanol–water partition coefficient (Wildman–Crippen LogP) is 3.77. The van der Waals surface area contributed by atoms with Crippen LogP contribution in [-0.4, -0.2) is 38.1 Å². The fourth-order valence-corrected chi connectivity index (χ4v) is 2.87. The van der Waals surface area contributed by atoms with Gasteiger partial charge < -0.3 is 20.7 Å². The summed E-state index contributed by atoms with van der Waals surface area (Å²) in [5, 5.41) is 10.0. The smallest absolute Gasteiger partial charge is 0.257 e. The van der Waals surface area contributed by atoms with Gasteiger partial charge >= 0.3 is 0 Å². The molecule has 30 heavy (non-hydrogen) atoms. The third kappa shape index (κ3) is 10.2. The van der Waals surface area contributed by atoms with E-state index in [1.165, 1.54) is 5.56 Å². The molecule has 0 heterocycles. The Kier molecular flexibility index (Phi) is 12.9. The number of benzene rings is 2. The summed E-state index contributed by atoms with van der Waals surface area (Å²) >= 11 is 6.03. The van der Waals surface area contributed by atoms with Crippen molar-refractivity contribution in [2.75, 3.05) is 26.2 Å². The average Bonchev–Trinajstić information content (AvgIpc) is 2.71.